The summed E-state index contributed by atoms with van der Waals surface area (Å²) in [6.45, 7) is 3.47. The van der Waals surface area contributed by atoms with Gasteiger partial charge in [0.05, 0.1) is 10.5 Å². The van der Waals surface area contributed by atoms with Crippen LogP contribution in [0.25, 0.3) is 0 Å². The zero-order valence-electron chi connectivity index (χ0n) is 11.6. The zero-order chi connectivity index (χ0) is 14.9. The summed E-state index contributed by atoms with van der Waals surface area (Å²) in [5.74, 6) is -0.500. The summed E-state index contributed by atoms with van der Waals surface area (Å²) >= 11 is 3.28. The van der Waals surface area contributed by atoms with Crippen LogP contribution in [0.2, 0.25) is 0 Å². The fourth-order valence-electron chi connectivity index (χ4n) is 2.39. The second kappa shape index (κ2) is 6.02. The lowest BCUT2D eigenvalue weighted by molar-refractivity contribution is 0.599. The Morgan fingerprint density at radius 3 is 2.25 bits per heavy atom. The maximum absolute atomic E-state index is 13.7. The first-order valence-corrected chi connectivity index (χ1v) is 7.12. The van der Waals surface area contributed by atoms with Gasteiger partial charge in [-0.3, -0.25) is 0 Å². The van der Waals surface area contributed by atoms with Gasteiger partial charge in [0.2, 0.25) is 0 Å². The Hall–Kier alpha value is -1.26. The third-order valence-electron chi connectivity index (χ3n) is 3.37. The fourth-order valence-corrected chi connectivity index (χ4v) is 2.88. The van der Waals surface area contributed by atoms with Crippen LogP contribution in [0, 0.1) is 25.5 Å². The molecule has 0 amide bonds. The zero-order valence-corrected chi connectivity index (χ0v) is 13.2. The first kappa shape index (κ1) is 15.1. The van der Waals surface area contributed by atoms with Crippen molar-refractivity contribution in [3.63, 3.8) is 0 Å². The van der Waals surface area contributed by atoms with E-state index in [0.29, 0.717) is 15.6 Å². The number of nitrogens with one attached hydrogen (secondary N) is 1. The van der Waals surface area contributed by atoms with E-state index in [1.165, 1.54) is 6.07 Å². The molecule has 0 radical (unpaired) electrons. The van der Waals surface area contributed by atoms with Gasteiger partial charge >= 0.3 is 0 Å². The first-order valence-electron chi connectivity index (χ1n) is 6.33. The van der Waals surface area contributed by atoms with E-state index in [1.54, 1.807) is 39.1 Å². The Labute approximate surface area is 126 Å². The molecule has 1 unspecified atom stereocenters. The van der Waals surface area contributed by atoms with Crippen LogP contribution in [-0.4, -0.2) is 7.05 Å². The van der Waals surface area contributed by atoms with Gasteiger partial charge in [-0.15, -0.1) is 0 Å². The molecule has 2 rings (SSSR count). The van der Waals surface area contributed by atoms with Gasteiger partial charge in [0.15, 0.2) is 0 Å². The van der Waals surface area contributed by atoms with Crippen molar-refractivity contribution < 1.29 is 8.78 Å². The maximum atomic E-state index is 13.7. The van der Waals surface area contributed by atoms with E-state index in [1.807, 2.05) is 6.07 Å². The number of rotatable bonds is 3. The van der Waals surface area contributed by atoms with Gasteiger partial charge in [0.25, 0.3) is 0 Å². The quantitative estimate of drug-likeness (QED) is 0.857. The molecule has 0 saturated carbocycles. The summed E-state index contributed by atoms with van der Waals surface area (Å²) in [4.78, 5) is 0. The minimum atomic E-state index is -0.307. The average molecular weight is 340 g/mol. The van der Waals surface area contributed by atoms with Crippen molar-refractivity contribution in [3.8, 4) is 0 Å². The third kappa shape index (κ3) is 2.76. The summed E-state index contributed by atoms with van der Waals surface area (Å²) in [5.41, 5.74) is 2.88. The highest BCUT2D eigenvalue weighted by molar-refractivity contribution is 9.10. The van der Waals surface area contributed by atoms with E-state index in [9.17, 15) is 8.78 Å². The standard InChI is InChI=1S/C16H16BrF2N/c1-9-7-11(8-10(2)15(9)19)16(20-3)12-5-4-6-13(18)14(12)17/h4-8,16,20H,1-3H3. The molecule has 0 heterocycles. The van der Waals surface area contributed by atoms with Crippen LogP contribution in [0.1, 0.15) is 28.3 Å². The van der Waals surface area contributed by atoms with Crippen molar-refractivity contribution in [2.24, 2.45) is 0 Å². The van der Waals surface area contributed by atoms with E-state index in [-0.39, 0.29) is 17.7 Å². The maximum Gasteiger partial charge on any atom is 0.137 e. The van der Waals surface area contributed by atoms with Gasteiger partial charge < -0.3 is 5.32 Å². The van der Waals surface area contributed by atoms with Gasteiger partial charge in [0, 0.05) is 0 Å². The van der Waals surface area contributed by atoms with Crippen LogP contribution in [0.5, 0.6) is 0 Å². The Bertz CT molecular complexity index is 617. The summed E-state index contributed by atoms with van der Waals surface area (Å²) in [6, 6.07) is 8.31. The second-order valence-corrected chi connectivity index (χ2v) is 5.63. The fraction of sp³-hybridized carbons (Fsp3) is 0.250. The van der Waals surface area contributed by atoms with Gasteiger partial charge in [-0.05, 0) is 65.1 Å². The Morgan fingerprint density at radius 2 is 1.70 bits per heavy atom. The molecule has 0 aliphatic heterocycles. The predicted molar refractivity (Wildman–Crippen MR) is 80.9 cm³/mol. The molecule has 0 fully saturated rings. The van der Waals surface area contributed by atoms with Crippen LogP contribution in [-0.2, 0) is 0 Å². The number of aryl methyl sites for hydroxylation is 2. The predicted octanol–water partition coefficient (Wildman–Crippen LogP) is 4.65. The normalized spacial score (nSPS) is 12.5. The number of benzene rings is 2. The molecule has 2 aromatic rings. The summed E-state index contributed by atoms with van der Waals surface area (Å²) < 4.78 is 27.8. The molecule has 0 aliphatic rings. The van der Waals surface area contributed by atoms with Crippen LogP contribution in [0.3, 0.4) is 0 Å². The summed E-state index contributed by atoms with van der Waals surface area (Å²) in [6.07, 6.45) is 0. The number of hydrogen-bond donors (Lipinski definition) is 1. The summed E-state index contributed by atoms with van der Waals surface area (Å²) in [5, 5.41) is 3.16. The molecular weight excluding hydrogens is 324 g/mol. The van der Waals surface area contributed by atoms with E-state index in [0.717, 1.165) is 11.1 Å². The molecule has 1 nitrogen and oxygen atoms in total. The van der Waals surface area contributed by atoms with Crippen molar-refractivity contribution in [2.45, 2.75) is 19.9 Å². The molecule has 0 aliphatic carbocycles. The van der Waals surface area contributed by atoms with Crippen LogP contribution >= 0.6 is 15.9 Å². The highest BCUT2D eigenvalue weighted by Gasteiger charge is 2.18. The van der Waals surface area contributed by atoms with E-state index in [2.05, 4.69) is 21.2 Å². The Balaban J connectivity index is 2.55. The highest BCUT2D eigenvalue weighted by atomic mass is 79.9. The second-order valence-electron chi connectivity index (χ2n) is 4.83. The molecule has 0 spiro atoms. The molecule has 106 valence electrons. The largest absolute Gasteiger partial charge is 0.309 e. The van der Waals surface area contributed by atoms with E-state index >= 15 is 0 Å². The van der Waals surface area contributed by atoms with Crippen molar-refractivity contribution in [3.05, 3.63) is 68.7 Å². The van der Waals surface area contributed by atoms with Gasteiger partial charge in [-0.25, -0.2) is 8.78 Å². The van der Waals surface area contributed by atoms with Crippen molar-refractivity contribution in [1.29, 1.82) is 0 Å². The molecule has 0 bridgehead atoms. The van der Waals surface area contributed by atoms with Gasteiger partial charge in [0.1, 0.15) is 11.6 Å². The molecule has 1 N–H and O–H groups in total. The lowest BCUT2D eigenvalue weighted by Crippen LogP contribution is -2.19. The van der Waals surface area contributed by atoms with Crippen LogP contribution < -0.4 is 5.32 Å². The first-order chi connectivity index (χ1) is 9.45. The molecule has 1 atom stereocenters. The summed E-state index contributed by atoms with van der Waals surface area (Å²) in [7, 11) is 1.80. The Morgan fingerprint density at radius 1 is 1.10 bits per heavy atom. The van der Waals surface area contributed by atoms with Crippen LogP contribution in [0.4, 0.5) is 8.78 Å². The monoisotopic (exact) mass is 339 g/mol. The number of halogens is 3. The van der Waals surface area contributed by atoms with Gasteiger partial charge in [-0.1, -0.05) is 24.3 Å². The lowest BCUT2D eigenvalue weighted by Gasteiger charge is -2.20. The third-order valence-corrected chi connectivity index (χ3v) is 4.21. The molecule has 2 aromatic carbocycles. The SMILES string of the molecule is CNC(c1cc(C)c(F)c(C)c1)c1cccc(F)c1Br. The molecule has 4 heteroatoms. The van der Waals surface area contributed by atoms with Crippen molar-refractivity contribution in [1.82, 2.24) is 5.32 Å². The van der Waals surface area contributed by atoms with E-state index in [4.69, 9.17) is 0 Å². The molecule has 20 heavy (non-hydrogen) atoms. The van der Waals surface area contributed by atoms with Crippen molar-refractivity contribution in [2.75, 3.05) is 7.05 Å². The number of hydrogen-bond acceptors (Lipinski definition) is 1. The minimum absolute atomic E-state index is 0.193. The van der Waals surface area contributed by atoms with E-state index < -0.39 is 0 Å². The lowest BCUT2D eigenvalue weighted by atomic mass is 9.95. The van der Waals surface area contributed by atoms with Crippen LogP contribution in [0.15, 0.2) is 34.8 Å². The molecule has 0 aromatic heterocycles. The van der Waals surface area contributed by atoms with Gasteiger partial charge in [-0.2, -0.15) is 0 Å². The minimum Gasteiger partial charge on any atom is -0.309 e. The molecular formula is C16H16BrF2N. The highest BCUT2D eigenvalue weighted by Crippen LogP contribution is 2.31. The topological polar surface area (TPSA) is 12.0 Å². The molecule has 0 saturated heterocycles. The smallest absolute Gasteiger partial charge is 0.137 e. The Kier molecular flexibility index (Phi) is 4.55. The van der Waals surface area contributed by atoms with Crippen molar-refractivity contribution >= 4 is 15.9 Å². The average Bonchev–Trinajstić information content (AvgIpc) is 2.41.